The van der Waals surface area contributed by atoms with Crippen molar-refractivity contribution in [2.24, 2.45) is 0 Å². The molecule has 8 nitrogen and oxygen atoms in total. The molecule has 112 valence electrons. The largest absolute Gasteiger partial charge is 0.364 e. The minimum Gasteiger partial charge on any atom is -0.364 e. The van der Waals surface area contributed by atoms with E-state index in [4.69, 9.17) is 0 Å². The zero-order valence-electron chi connectivity index (χ0n) is 12.2. The molecule has 0 aliphatic carbocycles. The van der Waals surface area contributed by atoms with Crippen LogP contribution < -0.4 is 5.32 Å². The standard InChI is InChI=1S/C14H16N8/c1-10-17-13-4-3-11(9-22(13)20-10)18-12-7-15-8-14(19-12)21-6-2-5-16-21/h2,5-8,11H,3-4,9H2,1H3,(H,18,19)/t11-/m1/s1. The minimum absolute atomic E-state index is 0.274. The number of nitrogens with one attached hydrogen (secondary N) is 1. The third-order valence-electron chi connectivity index (χ3n) is 3.68. The predicted octanol–water partition coefficient (Wildman–Crippen LogP) is 0.989. The number of aryl methyl sites for hydroxylation is 2. The molecular weight excluding hydrogens is 280 g/mol. The van der Waals surface area contributed by atoms with Gasteiger partial charge in [0.1, 0.15) is 17.5 Å². The number of hydrogen-bond donors (Lipinski definition) is 1. The number of rotatable bonds is 3. The molecule has 0 saturated heterocycles. The van der Waals surface area contributed by atoms with E-state index in [0.29, 0.717) is 5.82 Å². The van der Waals surface area contributed by atoms with Crippen LogP contribution in [0.4, 0.5) is 5.82 Å². The molecule has 1 atom stereocenters. The number of anilines is 1. The lowest BCUT2D eigenvalue weighted by atomic mass is 10.1. The maximum Gasteiger partial charge on any atom is 0.173 e. The molecule has 4 heterocycles. The molecule has 3 aromatic rings. The summed E-state index contributed by atoms with van der Waals surface area (Å²) >= 11 is 0. The fraction of sp³-hybridized carbons (Fsp3) is 0.357. The summed E-state index contributed by atoms with van der Waals surface area (Å²) in [5.41, 5.74) is 0. The van der Waals surface area contributed by atoms with E-state index in [1.165, 1.54) is 0 Å². The third-order valence-corrected chi connectivity index (χ3v) is 3.68. The van der Waals surface area contributed by atoms with Crippen molar-refractivity contribution < 1.29 is 0 Å². The summed E-state index contributed by atoms with van der Waals surface area (Å²) < 4.78 is 3.67. The second-order valence-electron chi connectivity index (χ2n) is 5.35. The highest BCUT2D eigenvalue weighted by Gasteiger charge is 2.21. The highest BCUT2D eigenvalue weighted by molar-refractivity contribution is 5.36. The lowest BCUT2D eigenvalue weighted by Gasteiger charge is -2.23. The van der Waals surface area contributed by atoms with Gasteiger partial charge in [-0.2, -0.15) is 10.2 Å². The summed E-state index contributed by atoms with van der Waals surface area (Å²) in [5.74, 6) is 3.34. The lowest BCUT2D eigenvalue weighted by molar-refractivity contribution is 0.440. The zero-order valence-corrected chi connectivity index (χ0v) is 12.2. The first-order valence-corrected chi connectivity index (χ1v) is 7.27. The summed E-state index contributed by atoms with van der Waals surface area (Å²) in [6, 6.07) is 2.13. The number of fused-ring (bicyclic) bond motifs is 1. The molecule has 0 unspecified atom stereocenters. The molecule has 4 rings (SSSR count). The van der Waals surface area contributed by atoms with Crippen molar-refractivity contribution in [2.75, 3.05) is 5.32 Å². The van der Waals surface area contributed by atoms with Crippen molar-refractivity contribution in [1.82, 2.24) is 34.5 Å². The Bertz CT molecular complexity index is 776. The van der Waals surface area contributed by atoms with E-state index >= 15 is 0 Å². The quantitative estimate of drug-likeness (QED) is 0.775. The van der Waals surface area contributed by atoms with Gasteiger partial charge >= 0.3 is 0 Å². The van der Waals surface area contributed by atoms with E-state index in [2.05, 4.69) is 30.5 Å². The van der Waals surface area contributed by atoms with Crippen molar-refractivity contribution in [3.63, 3.8) is 0 Å². The van der Waals surface area contributed by atoms with Crippen LogP contribution in [0, 0.1) is 6.92 Å². The van der Waals surface area contributed by atoms with E-state index in [9.17, 15) is 0 Å². The molecule has 0 saturated carbocycles. The van der Waals surface area contributed by atoms with Crippen LogP contribution in [0.15, 0.2) is 30.9 Å². The Morgan fingerprint density at radius 2 is 2.23 bits per heavy atom. The van der Waals surface area contributed by atoms with Crippen LogP contribution in [0.2, 0.25) is 0 Å². The van der Waals surface area contributed by atoms with E-state index in [1.54, 1.807) is 23.3 Å². The second kappa shape index (κ2) is 5.21. The fourth-order valence-corrected chi connectivity index (χ4v) is 2.70. The van der Waals surface area contributed by atoms with Crippen LogP contribution >= 0.6 is 0 Å². The topological polar surface area (TPSA) is 86.3 Å². The molecule has 1 aliphatic rings. The predicted molar refractivity (Wildman–Crippen MR) is 79.6 cm³/mol. The molecular formula is C14H16N8. The molecule has 1 N–H and O–H groups in total. The van der Waals surface area contributed by atoms with Gasteiger partial charge in [-0.1, -0.05) is 0 Å². The smallest absolute Gasteiger partial charge is 0.173 e. The fourth-order valence-electron chi connectivity index (χ4n) is 2.70. The normalized spacial score (nSPS) is 17.2. The van der Waals surface area contributed by atoms with Crippen molar-refractivity contribution in [3.8, 4) is 5.82 Å². The Hall–Kier alpha value is -2.77. The molecule has 0 spiro atoms. The van der Waals surface area contributed by atoms with Gasteiger partial charge < -0.3 is 5.32 Å². The van der Waals surface area contributed by atoms with E-state index in [1.807, 2.05) is 23.9 Å². The monoisotopic (exact) mass is 296 g/mol. The van der Waals surface area contributed by atoms with Gasteiger partial charge in [0.25, 0.3) is 0 Å². The van der Waals surface area contributed by atoms with Gasteiger partial charge in [0.15, 0.2) is 5.82 Å². The molecule has 1 aliphatic heterocycles. The van der Waals surface area contributed by atoms with Crippen molar-refractivity contribution in [2.45, 2.75) is 32.4 Å². The van der Waals surface area contributed by atoms with Crippen LogP contribution in [-0.4, -0.2) is 40.6 Å². The van der Waals surface area contributed by atoms with Gasteiger partial charge in [-0.15, -0.1) is 0 Å². The average Bonchev–Trinajstić information content (AvgIpc) is 3.15. The maximum absolute atomic E-state index is 4.55. The summed E-state index contributed by atoms with van der Waals surface area (Å²) in [6.07, 6.45) is 8.92. The Morgan fingerprint density at radius 3 is 3.09 bits per heavy atom. The van der Waals surface area contributed by atoms with Gasteiger partial charge in [0, 0.05) is 24.9 Å². The van der Waals surface area contributed by atoms with Gasteiger partial charge in [-0.3, -0.25) is 4.98 Å². The van der Waals surface area contributed by atoms with Crippen molar-refractivity contribution >= 4 is 5.82 Å². The van der Waals surface area contributed by atoms with Gasteiger partial charge in [-0.05, 0) is 19.4 Å². The molecule has 0 aromatic carbocycles. The first-order valence-electron chi connectivity index (χ1n) is 7.27. The van der Waals surface area contributed by atoms with E-state index in [0.717, 1.165) is 36.9 Å². The van der Waals surface area contributed by atoms with E-state index < -0.39 is 0 Å². The average molecular weight is 296 g/mol. The van der Waals surface area contributed by atoms with Gasteiger partial charge in [0.05, 0.1) is 18.9 Å². The summed E-state index contributed by atoms with van der Waals surface area (Å²) in [4.78, 5) is 13.2. The van der Waals surface area contributed by atoms with Crippen LogP contribution in [0.5, 0.6) is 0 Å². The van der Waals surface area contributed by atoms with Crippen molar-refractivity contribution in [1.29, 1.82) is 0 Å². The lowest BCUT2D eigenvalue weighted by Crippen LogP contribution is -2.32. The summed E-state index contributed by atoms with van der Waals surface area (Å²) in [5, 5.41) is 12.0. The Morgan fingerprint density at radius 1 is 1.27 bits per heavy atom. The maximum atomic E-state index is 4.55. The zero-order chi connectivity index (χ0) is 14.9. The Kier molecular flexibility index (Phi) is 3.06. The Labute approximate surface area is 127 Å². The second-order valence-corrected chi connectivity index (χ2v) is 5.35. The number of nitrogens with zero attached hydrogens (tertiary/aromatic N) is 7. The van der Waals surface area contributed by atoms with Gasteiger partial charge in [-0.25, -0.2) is 19.3 Å². The van der Waals surface area contributed by atoms with Crippen LogP contribution in [0.25, 0.3) is 5.82 Å². The first kappa shape index (κ1) is 12.9. The first-order chi connectivity index (χ1) is 10.8. The van der Waals surface area contributed by atoms with Crippen molar-refractivity contribution in [3.05, 3.63) is 42.5 Å². The molecule has 0 amide bonds. The van der Waals surface area contributed by atoms with E-state index in [-0.39, 0.29) is 6.04 Å². The molecule has 0 fully saturated rings. The third kappa shape index (κ3) is 2.43. The number of aromatic nitrogens is 7. The minimum atomic E-state index is 0.274. The highest BCUT2D eigenvalue weighted by Crippen LogP contribution is 2.16. The number of hydrogen-bond acceptors (Lipinski definition) is 6. The molecule has 8 heteroatoms. The Balaban J connectivity index is 1.51. The van der Waals surface area contributed by atoms with Crippen LogP contribution in [0.3, 0.4) is 0 Å². The molecule has 0 radical (unpaired) electrons. The molecule has 3 aromatic heterocycles. The summed E-state index contributed by atoms with van der Waals surface area (Å²) in [7, 11) is 0. The van der Waals surface area contributed by atoms with Crippen LogP contribution in [0.1, 0.15) is 18.1 Å². The highest BCUT2D eigenvalue weighted by atomic mass is 15.4. The SMILES string of the molecule is Cc1nc2n(n1)C[C@H](Nc1cncc(-n3cccn3)n1)CC2. The molecule has 22 heavy (non-hydrogen) atoms. The van der Waals surface area contributed by atoms with Gasteiger partial charge in [0.2, 0.25) is 0 Å². The van der Waals surface area contributed by atoms with Crippen LogP contribution in [-0.2, 0) is 13.0 Å². The summed E-state index contributed by atoms with van der Waals surface area (Å²) in [6.45, 7) is 2.72. The molecule has 0 bridgehead atoms.